The van der Waals surface area contributed by atoms with E-state index in [1.165, 1.54) is 4.90 Å². The number of carbonyl (C=O) groups excluding carboxylic acids is 2. The fourth-order valence-corrected chi connectivity index (χ4v) is 2.68. The van der Waals surface area contributed by atoms with Gasteiger partial charge in [0.2, 0.25) is 0 Å². The lowest BCUT2D eigenvalue weighted by molar-refractivity contribution is -0.115. The van der Waals surface area contributed by atoms with E-state index in [-0.39, 0.29) is 11.1 Å². The van der Waals surface area contributed by atoms with E-state index < -0.39 is 4.16 Å². The molecule has 0 spiro atoms. The number of carbonyl (C=O) groups is 2. The maximum atomic E-state index is 11.6. The van der Waals surface area contributed by atoms with Crippen LogP contribution in [0.25, 0.3) is 0 Å². The van der Waals surface area contributed by atoms with Gasteiger partial charge in [0.15, 0.2) is 0 Å². The second-order valence-electron chi connectivity index (χ2n) is 3.21. The number of alkyl halides is 1. The first kappa shape index (κ1) is 10.7. The van der Waals surface area contributed by atoms with Gasteiger partial charge in [-0.25, -0.2) is 4.90 Å². The van der Waals surface area contributed by atoms with E-state index in [0.717, 1.165) is 17.3 Å². The largest absolute Gasteiger partial charge is 0.294 e. The predicted octanol–water partition coefficient (Wildman–Crippen LogP) is 2.92. The minimum atomic E-state index is -0.452. The summed E-state index contributed by atoms with van der Waals surface area (Å²) in [6.07, 6.45) is 0. The summed E-state index contributed by atoms with van der Waals surface area (Å²) in [6, 6.07) is 7.30. The highest BCUT2D eigenvalue weighted by atomic mass is 79.9. The van der Waals surface area contributed by atoms with Gasteiger partial charge in [-0.1, -0.05) is 33.6 Å². The first-order valence-electron chi connectivity index (χ1n) is 4.35. The van der Waals surface area contributed by atoms with Gasteiger partial charge >= 0.3 is 0 Å². The van der Waals surface area contributed by atoms with E-state index >= 15 is 0 Å². The Labute approximate surface area is 100.0 Å². The summed E-state index contributed by atoms with van der Waals surface area (Å²) in [5, 5.41) is -0.231. The topological polar surface area (TPSA) is 37.4 Å². The molecular formula is C10H8BrNO2S. The molecule has 2 rings (SSSR count). The van der Waals surface area contributed by atoms with Crippen LogP contribution in [0, 0.1) is 6.92 Å². The summed E-state index contributed by atoms with van der Waals surface area (Å²) in [5.41, 5.74) is 1.73. The number of nitrogens with zero attached hydrogens (tertiary/aromatic N) is 1. The number of hydrogen-bond donors (Lipinski definition) is 0. The lowest BCUT2D eigenvalue weighted by atomic mass is 10.2. The highest BCUT2D eigenvalue weighted by molar-refractivity contribution is 9.12. The van der Waals surface area contributed by atoms with E-state index in [0.29, 0.717) is 5.69 Å². The van der Waals surface area contributed by atoms with Crippen LogP contribution in [0.2, 0.25) is 0 Å². The van der Waals surface area contributed by atoms with Crippen molar-refractivity contribution in [2.45, 2.75) is 11.1 Å². The smallest absolute Gasteiger partial charge is 0.272 e. The zero-order chi connectivity index (χ0) is 11.0. The average Bonchev–Trinajstić information content (AvgIpc) is 2.44. The predicted molar refractivity (Wildman–Crippen MR) is 64.4 cm³/mol. The molecule has 78 valence electrons. The Morgan fingerprint density at radius 3 is 2.33 bits per heavy atom. The maximum Gasteiger partial charge on any atom is 0.294 e. The number of aryl methyl sites for hydroxylation is 1. The SMILES string of the molecule is Cc1ccc(N2C(=O)S[C@H](Br)C2=O)cc1. The van der Waals surface area contributed by atoms with Crippen LogP contribution in [-0.4, -0.2) is 15.3 Å². The van der Waals surface area contributed by atoms with Gasteiger partial charge < -0.3 is 0 Å². The molecule has 0 aliphatic carbocycles. The zero-order valence-corrected chi connectivity index (χ0v) is 10.3. The minimum absolute atomic E-state index is 0.214. The van der Waals surface area contributed by atoms with Crippen LogP contribution in [0.3, 0.4) is 0 Å². The van der Waals surface area contributed by atoms with E-state index in [1.54, 1.807) is 12.1 Å². The monoisotopic (exact) mass is 285 g/mol. The van der Waals surface area contributed by atoms with Gasteiger partial charge in [-0.15, -0.1) is 0 Å². The summed E-state index contributed by atoms with van der Waals surface area (Å²) in [5.74, 6) is -0.214. The molecule has 1 saturated heterocycles. The fourth-order valence-electron chi connectivity index (χ4n) is 1.31. The van der Waals surface area contributed by atoms with E-state index in [9.17, 15) is 9.59 Å². The molecule has 0 radical (unpaired) electrons. The molecule has 1 aliphatic heterocycles. The molecular weight excluding hydrogens is 278 g/mol. The molecule has 1 aromatic carbocycles. The van der Waals surface area contributed by atoms with Crippen LogP contribution in [-0.2, 0) is 4.79 Å². The van der Waals surface area contributed by atoms with Crippen LogP contribution in [0.15, 0.2) is 24.3 Å². The number of hydrogen-bond acceptors (Lipinski definition) is 3. The van der Waals surface area contributed by atoms with Crippen LogP contribution < -0.4 is 4.90 Å². The lowest BCUT2D eigenvalue weighted by Gasteiger charge is -2.12. The first-order chi connectivity index (χ1) is 7.09. The molecule has 5 heteroatoms. The third-order valence-electron chi connectivity index (χ3n) is 2.09. The van der Waals surface area contributed by atoms with Gasteiger partial charge in [-0.2, -0.15) is 0 Å². The molecule has 0 aromatic heterocycles. The zero-order valence-electron chi connectivity index (χ0n) is 7.94. The second kappa shape index (κ2) is 3.98. The summed E-state index contributed by atoms with van der Waals surface area (Å²) < 4.78 is -0.452. The van der Waals surface area contributed by atoms with E-state index in [1.807, 2.05) is 19.1 Å². The van der Waals surface area contributed by atoms with Gasteiger partial charge in [-0.05, 0) is 30.8 Å². The molecule has 1 aliphatic rings. The van der Waals surface area contributed by atoms with Gasteiger partial charge in [0.25, 0.3) is 11.1 Å². The third-order valence-corrected chi connectivity index (χ3v) is 3.84. The molecule has 15 heavy (non-hydrogen) atoms. The van der Waals surface area contributed by atoms with Gasteiger partial charge in [-0.3, -0.25) is 9.59 Å². The average molecular weight is 286 g/mol. The number of imide groups is 1. The summed E-state index contributed by atoms with van der Waals surface area (Å²) in [7, 11) is 0. The van der Waals surface area contributed by atoms with Crippen LogP contribution >= 0.6 is 27.7 Å². The third kappa shape index (κ3) is 1.94. The molecule has 3 nitrogen and oxygen atoms in total. The second-order valence-corrected chi connectivity index (χ2v) is 5.79. The number of halogens is 1. The van der Waals surface area contributed by atoms with Crippen molar-refractivity contribution in [1.82, 2.24) is 0 Å². The molecule has 1 fully saturated rings. The van der Waals surface area contributed by atoms with Crippen molar-refractivity contribution in [3.8, 4) is 0 Å². The molecule has 2 amide bonds. The number of amides is 2. The van der Waals surface area contributed by atoms with Gasteiger partial charge in [0.1, 0.15) is 4.16 Å². The summed E-state index contributed by atoms with van der Waals surface area (Å²) in [6.45, 7) is 1.96. The number of benzene rings is 1. The van der Waals surface area contributed by atoms with Crippen molar-refractivity contribution in [2.24, 2.45) is 0 Å². The fraction of sp³-hybridized carbons (Fsp3) is 0.200. The van der Waals surface area contributed by atoms with E-state index in [4.69, 9.17) is 0 Å². The van der Waals surface area contributed by atoms with Crippen molar-refractivity contribution in [1.29, 1.82) is 0 Å². The number of rotatable bonds is 1. The Balaban J connectivity index is 2.35. The van der Waals surface area contributed by atoms with Crippen LogP contribution in [0.4, 0.5) is 10.5 Å². The molecule has 1 aromatic rings. The molecule has 0 N–H and O–H groups in total. The van der Waals surface area contributed by atoms with Crippen LogP contribution in [0.1, 0.15) is 5.56 Å². The van der Waals surface area contributed by atoms with Gasteiger partial charge in [0.05, 0.1) is 5.69 Å². The standard InChI is InChI=1S/C10H8BrNO2S/c1-6-2-4-7(5-3-6)12-9(13)8(11)15-10(12)14/h2-5,8H,1H3/t8-/m0/s1. The van der Waals surface area contributed by atoms with Crippen molar-refractivity contribution in [3.63, 3.8) is 0 Å². The highest BCUT2D eigenvalue weighted by Gasteiger charge is 2.38. The summed E-state index contributed by atoms with van der Waals surface area (Å²) >= 11 is 4.14. The lowest BCUT2D eigenvalue weighted by Crippen LogP contribution is -2.29. The molecule has 0 saturated carbocycles. The Hall–Kier alpha value is -0.810. The Morgan fingerprint density at radius 1 is 1.27 bits per heavy atom. The first-order valence-corrected chi connectivity index (χ1v) is 6.14. The molecule has 1 heterocycles. The normalized spacial score (nSPS) is 21.2. The molecule has 1 atom stereocenters. The van der Waals surface area contributed by atoms with Crippen LogP contribution in [0.5, 0.6) is 0 Å². The van der Waals surface area contributed by atoms with Crippen molar-refractivity contribution >= 4 is 44.5 Å². The van der Waals surface area contributed by atoms with E-state index in [2.05, 4.69) is 15.9 Å². The molecule has 0 bridgehead atoms. The minimum Gasteiger partial charge on any atom is -0.272 e. The van der Waals surface area contributed by atoms with Crippen molar-refractivity contribution in [3.05, 3.63) is 29.8 Å². The summed E-state index contributed by atoms with van der Waals surface area (Å²) in [4.78, 5) is 24.4. The number of thioether (sulfide) groups is 1. The van der Waals surface area contributed by atoms with Crippen molar-refractivity contribution in [2.75, 3.05) is 4.90 Å². The Bertz CT molecular complexity index is 418. The quantitative estimate of drug-likeness (QED) is 0.745. The Kier molecular flexibility index (Phi) is 2.84. The Morgan fingerprint density at radius 2 is 1.87 bits per heavy atom. The highest BCUT2D eigenvalue weighted by Crippen LogP contribution is 2.34. The number of anilines is 1. The maximum absolute atomic E-state index is 11.6. The molecule has 0 unspecified atom stereocenters. The van der Waals surface area contributed by atoms with Crippen molar-refractivity contribution < 1.29 is 9.59 Å². The van der Waals surface area contributed by atoms with Gasteiger partial charge in [0, 0.05) is 0 Å².